The molecular formula is C10H11NS. The van der Waals surface area contributed by atoms with Crippen molar-refractivity contribution in [1.29, 1.82) is 0 Å². The second-order valence-corrected chi connectivity index (χ2v) is 3.67. The number of hydrogen-bond acceptors (Lipinski definition) is 2. The Morgan fingerprint density at radius 3 is 2.83 bits per heavy atom. The van der Waals surface area contributed by atoms with Crippen LogP contribution in [0, 0.1) is 5.92 Å². The quantitative estimate of drug-likeness (QED) is 0.518. The van der Waals surface area contributed by atoms with Gasteiger partial charge in [0.1, 0.15) is 0 Å². The van der Waals surface area contributed by atoms with Gasteiger partial charge in [-0.2, -0.15) is 0 Å². The van der Waals surface area contributed by atoms with Crippen LogP contribution in [-0.4, -0.2) is 17.3 Å². The highest BCUT2D eigenvalue weighted by atomic mass is 32.2. The number of fused-ring (bicyclic) bond motifs is 1. The molecule has 12 heavy (non-hydrogen) atoms. The van der Waals surface area contributed by atoms with E-state index in [1.807, 2.05) is 0 Å². The number of hydrogen-bond donors (Lipinski definition) is 0. The van der Waals surface area contributed by atoms with E-state index in [1.54, 1.807) is 11.8 Å². The van der Waals surface area contributed by atoms with Gasteiger partial charge in [0, 0.05) is 5.92 Å². The fraction of sp³-hybridized carbons (Fsp3) is 0.300. The molecule has 0 aromatic rings. The lowest BCUT2D eigenvalue weighted by Gasteiger charge is -2.18. The topological polar surface area (TPSA) is 12.4 Å². The molecule has 0 amide bonds. The molecule has 62 valence electrons. The van der Waals surface area contributed by atoms with Crippen LogP contribution in [0.25, 0.3) is 0 Å². The molecule has 0 radical (unpaired) electrons. The first-order chi connectivity index (χ1) is 5.90. The predicted octanol–water partition coefficient (Wildman–Crippen LogP) is 2.43. The molecule has 2 heterocycles. The zero-order valence-electron chi connectivity index (χ0n) is 6.97. The predicted molar refractivity (Wildman–Crippen MR) is 55.6 cm³/mol. The van der Waals surface area contributed by atoms with Crippen LogP contribution in [0.1, 0.15) is 0 Å². The minimum absolute atomic E-state index is 0.272. The smallest absolute Gasteiger partial charge is 0.0874 e. The van der Waals surface area contributed by atoms with E-state index in [-0.39, 0.29) is 6.04 Å². The lowest BCUT2D eigenvalue weighted by molar-refractivity contribution is 0.946. The van der Waals surface area contributed by atoms with Crippen LogP contribution in [0.4, 0.5) is 0 Å². The molecular weight excluding hydrogens is 166 g/mol. The number of rotatable bonds is 0. The Kier molecular flexibility index (Phi) is 2.17. The summed E-state index contributed by atoms with van der Waals surface area (Å²) in [6.07, 6.45) is 14.9. The maximum atomic E-state index is 4.58. The second kappa shape index (κ2) is 3.31. The fourth-order valence-electron chi connectivity index (χ4n) is 1.40. The second-order valence-electron chi connectivity index (χ2n) is 2.84. The number of dihydropyridines is 1. The summed E-state index contributed by atoms with van der Waals surface area (Å²) in [5, 5.41) is 1.23. The zero-order chi connectivity index (χ0) is 8.39. The van der Waals surface area contributed by atoms with Crippen molar-refractivity contribution in [3.05, 3.63) is 36.5 Å². The Hall–Kier alpha value is -0.760. The first-order valence-corrected chi connectivity index (χ1v) is 5.27. The monoisotopic (exact) mass is 177 g/mol. The Bertz CT molecular complexity index is 286. The van der Waals surface area contributed by atoms with Crippen molar-refractivity contribution < 1.29 is 0 Å². The maximum absolute atomic E-state index is 4.58. The van der Waals surface area contributed by atoms with Crippen molar-refractivity contribution in [2.24, 2.45) is 10.9 Å². The molecule has 1 aliphatic carbocycles. The highest BCUT2D eigenvalue weighted by Crippen LogP contribution is 2.22. The van der Waals surface area contributed by atoms with E-state index in [1.165, 1.54) is 5.04 Å². The summed E-state index contributed by atoms with van der Waals surface area (Å²) >= 11 is 1.75. The third-order valence-electron chi connectivity index (χ3n) is 2.02. The molecule has 3 aliphatic rings. The summed E-state index contributed by atoms with van der Waals surface area (Å²) in [6.45, 7) is 0. The van der Waals surface area contributed by atoms with Crippen molar-refractivity contribution in [3.8, 4) is 0 Å². The van der Waals surface area contributed by atoms with Crippen LogP contribution >= 0.6 is 11.8 Å². The minimum atomic E-state index is 0.272. The number of aliphatic imine (C=N–C) groups is 1. The average Bonchev–Trinajstić information content (AvgIpc) is 2.05. The van der Waals surface area contributed by atoms with E-state index in [4.69, 9.17) is 0 Å². The lowest BCUT2D eigenvalue weighted by Crippen LogP contribution is -2.15. The molecule has 0 unspecified atom stereocenters. The number of thioether (sulfide) groups is 1. The van der Waals surface area contributed by atoms with Crippen LogP contribution in [0.2, 0.25) is 0 Å². The molecule has 1 nitrogen and oxygen atoms in total. The van der Waals surface area contributed by atoms with Crippen LogP contribution in [0.3, 0.4) is 0 Å². The lowest BCUT2D eigenvalue weighted by atomic mass is 10.0. The highest BCUT2D eigenvalue weighted by Gasteiger charge is 2.15. The van der Waals surface area contributed by atoms with Crippen molar-refractivity contribution >= 4 is 16.8 Å². The van der Waals surface area contributed by atoms with Crippen LogP contribution in [-0.2, 0) is 0 Å². The third-order valence-corrected chi connectivity index (χ3v) is 2.82. The van der Waals surface area contributed by atoms with Crippen LogP contribution < -0.4 is 0 Å². The van der Waals surface area contributed by atoms with Gasteiger partial charge in [0.05, 0.1) is 11.1 Å². The van der Waals surface area contributed by atoms with E-state index >= 15 is 0 Å². The first-order valence-electron chi connectivity index (χ1n) is 4.05. The van der Waals surface area contributed by atoms with Gasteiger partial charge in [-0.15, -0.1) is 11.8 Å². The molecule has 0 aromatic carbocycles. The van der Waals surface area contributed by atoms with Gasteiger partial charge in [-0.05, 0) is 6.26 Å². The van der Waals surface area contributed by atoms with E-state index in [0.29, 0.717) is 5.92 Å². The number of nitrogens with zero attached hydrogens (tertiary/aromatic N) is 1. The molecule has 0 aromatic heterocycles. The van der Waals surface area contributed by atoms with Crippen LogP contribution in [0.5, 0.6) is 0 Å². The Morgan fingerprint density at radius 2 is 2.00 bits per heavy atom. The Labute approximate surface area is 77.0 Å². The molecule has 0 saturated carbocycles. The van der Waals surface area contributed by atoms with Gasteiger partial charge >= 0.3 is 0 Å². The molecule has 0 fully saturated rings. The molecule has 3 rings (SSSR count). The van der Waals surface area contributed by atoms with E-state index in [2.05, 4.69) is 47.7 Å². The molecule has 0 saturated heterocycles. The SMILES string of the molecule is CSC1=N[C@@H]2C=CC=C[C@H]1C=C2. The Morgan fingerprint density at radius 1 is 1.17 bits per heavy atom. The third kappa shape index (κ3) is 1.39. The fourth-order valence-corrected chi connectivity index (χ4v) is 2.05. The van der Waals surface area contributed by atoms with Crippen molar-refractivity contribution in [2.45, 2.75) is 6.04 Å². The summed E-state index contributed by atoms with van der Waals surface area (Å²) in [5.74, 6) is 0.418. The largest absolute Gasteiger partial charge is 0.270 e. The van der Waals surface area contributed by atoms with Gasteiger partial charge < -0.3 is 0 Å². The minimum Gasteiger partial charge on any atom is -0.270 e. The molecule has 2 atom stereocenters. The van der Waals surface area contributed by atoms with Crippen molar-refractivity contribution in [1.82, 2.24) is 0 Å². The first kappa shape index (κ1) is 7.87. The van der Waals surface area contributed by atoms with Gasteiger partial charge in [-0.1, -0.05) is 36.5 Å². The average molecular weight is 177 g/mol. The van der Waals surface area contributed by atoms with E-state index in [0.717, 1.165) is 0 Å². The normalized spacial score (nSPS) is 31.6. The van der Waals surface area contributed by atoms with E-state index < -0.39 is 0 Å². The molecule has 2 bridgehead atoms. The summed E-state index contributed by atoms with van der Waals surface area (Å²) in [6, 6.07) is 0.272. The summed E-state index contributed by atoms with van der Waals surface area (Å²) < 4.78 is 0. The van der Waals surface area contributed by atoms with Gasteiger partial charge in [-0.3, -0.25) is 4.99 Å². The van der Waals surface area contributed by atoms with Gasteiger partial charge in [-0.25, -0.2) is 0 Å². The maximum Gasteiger partial charge on any atom is 0.0874 e. The van der Waals surface area contributed by atoms with Crippen molar-refractivity contribution in [3.63, 3.8) is 0 Å². The van der Waals surface area contributed by atoms with Gasteiger partial charge in [0.25, 0.3) is 0 Å². The highest BCUT2D eigenvalue weighted by molar-refractivity contribution is 8.13. The standard InChI is InChI=1S/C10H11NS/c1-12-10-8-4-2-3-5-9(11-10)7-6-8/h2-9H,1H3/t8-,9+/m0/s1. The molecule has 0 N–H and O–H groups in total. The van der Waals surface area contributed by atoms with Crippen LogP contribution in [0.15, 0.2) is 41.4 Å². The van der Waals surface area contributed by atoms with Crippen molar-refractivity contribution in [2.75, 3.05) is 6.26 Å². The molecule has 2 aliphatic heterocycles. The summed E-state index contributed by atoms with van der Waals surface area (Å²) in [5.41, 5.74) is 0. The van der Waals surface area contributed by atoms with Gasteiger partial charge in [0.2, 0.25) is 0 Å². The Balaban J connectivity index is 2.37. The molecule has 0 spiro atoms. The van der Waals surface area contributed by atoms with Gasteiger partial charge in [0.15, 0.2) is 0 Å². The zero-order valence-corrected chi connectivity index (χ0v) is 7.79. The summed E-state index contributed by atoms with van der Waals surface area (Å²) in [7, 11) is 0. The molecule has 2 heteroatoms. The van der Waals surface area contributed by atoms with E-state index in [9.17, 15) is 0 Å². The number of allylic oxidation sites excluding steroid dienone is 4. The summed E-state index contributed by atoms with van der Waals surface area (Å²) in [4.78, 5) is 4.58.